The SMILES string of the molecule is CCOC(=O)C(N)CCCP(=O)(O)O. The van der Waals surface area contributed by atoms with Gasteiger partial charge in [0.1, 0.15) is 6.04 Å². The fraction of sp³-hybridized carbons (Fsp3) is 0.857. The van der Waals surface area contributed by atoms with Gasteiger partial charge in [0.15, 0.2) is 0 Å². The van der Waals surface area contributed by atoms with Crippen molar-refractivity contribution in [2.24, 2.45) is 5.73 Å². The average Bonchev–Trinajstić information content (AvgIpc) is 2.02. The summed E-state index contributed by atoms with van der Waals surface area (Å²) in [5, 5.41) is 0. The van der Waals surface area contributed by atoms with E-state index >= 15 is 0 Å². The van der Waals surface area contributed by atoms with E-state index in [9.17, 15) is 9.36 Å². The highest BCUT2D eigenvalue weighted by molar-refractivity contribution is 7.51. The zero-order valence-electron chi connectivity index (χ0n) is 8.05. The molecule has 0 heterocycles. The summed E-state index contributed by atoms with van der Waals surface area (Å²) in [6.45, 7) is 1.92. The highest BCUT2D eigenvalue weighted by atomic mass is 31.2. The van der Waals surface area contributed by atoms with Crippen LogP contribution in [0.15, 0.2) is 0 Å². The average molecular weight is 225 g/mol. The van der Waals surface area contributed by atoms with E-state index in [1.165, 1.54) is 0 Å². The molecule has 14 heavy (non-hydrogen) atoms. The van der Waals surface area contributed by atoms with Crippen molar-refractivity contribution in [3.05, 3.63) is 0 Å². The quantitative estimate of drug-likeness (QED) is 0.427. The molecule has 1 atom stereocenters. The van der Waals surface area contributed by atoms with Crippen molar-refractivity contribution in [2.75, 3.05) is 12.8 Å². The van der Waals surface area contributed by atoms with Gasteiger partial charge in [0.25, 0.3) is 0 Å². The predicted molar refractivity (Wildman–Crippen MR) is 50.8 cm³/mol. The van der Waals surface area contributed by atoms with Crippen LogP contribution in [-0.2, 0) is 14.1 Å². The second-order valence-electron chi connectivity index (χ2n) is 2.89. The first kappa shape index (κ1) is 13.6. The van der Waals surface area contributed by atoms with Crippen molar-refractivity contribution in [3.8, 4) is 0 Å². The van der Waals surface area contributed by atoms with E-state index in [4.69, 9.17) is 15.5 Å². The van der Waals surface area contributed by atoms with Gasteiger partial charge >= 0.3 is 13.6 Å². The zero-order valence-corrected chi connectivity index (χ0v) is 8.94. The van der Waals surface area contributed by atoms with Crippen LogP contribution in [0, 0.1) is 0 Å². The van der Waals surface area contributed by atoms with Crippen LogP contribution in [0.25, 0.3) is 0 Å². The van der Waals surface area contributed by atoms with E-state index in [2.05, 4.69) is 4.74 Å². The Balaban J connectivity index is 3.69. The molecule has 0 aromatic heterocycles. The zero-order chi connectivity index (χ0) is 11.2. The molecule has 0 aromatic rings. The molecule has 0 aliphatic rings. The predicted octanol–water partition coefficient (Wildman–Crippen LogP) is -0.165. The van der Waals surface area contributed by atoms with E-state index < -0.39 is 19.6 Å². The molecule has 0 saturated carbocycles. The first-order valence-electron chi connectivity index (χ1n) is 4.33. The van der Waals surface area contributed by atoms with Crippen LogP contribution in [0.2, 0.25) is 0 Å². The molecular formula is C7H16NO5P. The van der Waals surface area contributed by atoms with Crippen molar-refractivity contribution >= 4 is 13.6 Å². The van der Waals surface area contributed by atoms with Gasteiger partial charge in [-0.1, -0.05) is 0 Å². The molecule has 7 heteroatoms. The Morgan fingerprint density at radius 2 is 2.14 bits per heavy atom. The Hall–Kier alpha value is -0.420. The number of nitrogens with two attached hydrogens (primary N) is 1. The summed E-state index contributed by atoms with van der Waals surface area (Å²) in [7, 11) is -3.98. The van der Waals surface area contributed by atoms with Gasteiger partial charge in [-0.2, -0.15) is 0 Å². The number of esters is 1. The maximum atomic E-state index is 11.0. The molecule has 0 aliphatic carbocycles. The van der Waals surface area contributed by atoms with Crippen LogP contribution in [0.3, 0.4) is 0 Å². The summed E-state index contributed by atoms with van der Waals surface area (Å²) in [5.74, 6) is -0.529. The summed E-state index contributed by atoms with van der Waals surface area (Å²) < 4.78 is 15.1. The third-order valence-electron chi connectivity index (χ3n) is 1.55. The molecule has 6 nitrogen and oxygen atoms in total. The number of carbonyl (C=O) groups excluding carboxylic acids is 1. The van der Waals surface area contributed by atoms with E-state index in [-0.39, 0.29) is 25.6 Å². The third kappa shape index (κ3) is 7.03. The second-order valence-corrected chi connectivity index (χ2v) is 4.67. The molecule has 0 aromatic carbocycles. The van der Waals surface area contributed by atoms with Crippen molar-refractivity contribution in [2.45, 2.75) is 25.8 Å². The summed E-state index contributed by atoms with van der Waals surface area (Å²) in [6.07, 6.45) is 0.189. The lowest BCUT2D eigenvalue weighted by atomic mass is 10.2. The normalized spacial score (nSPS) is 13.7. The van der Waals surface area contributed by atoms with E-state index in [1.54, 1.807) is 6.92 Å². The van der Waals surface area contributed by atoms with Crippen LogP contribution in [0.5, 0.6) is 0 Å². The molecule has 0 saturated heterocycles. The molecule has 0 bridgehead atoms. The molecule has 1 unspecified atom stereocenters. The number of ether oxygens (including phenoxy) is 1. The second kappa shape index (κ2) is 6.14. The monoisotopic (exact) mass is 225 g/mol. The minimum Gasteiger partial charge on any atom is -0.465 e. The molecule has 0 radical (unpaired) electrons. The van der Waals surface area contributed by atoms with Crippen molar-refractivity contribution in [3.63, 3.8) is 0 Å². The van der Waals surface area contributed by atoms with Gasteiger partial charge in [0, 0.05) is 6.16 Å². The van der Waals surface area contributed by atoms with Gasteiger partial charge < -0.3 is 20.3 Å². The molecular weight excluding hydrogens is 209 g/mol. The van der Waals surface area contributed by atoms with Gasteiger partial charge in [-0.05, 0) is 19.8 Å². The van der Waals surface area contributed by atoms with Crippen LogP contribution in [0.4, 0.5) is 0 Å². The van der Waals surface area contributed by atoms with Crippen LogP contribution in [-0.4, -0.2) is 34.6 Å². The summed E-state index contributed by atoms with van der Waals surface area (Å²) in [5.41, 5.74) is 5.41. The van der Waals surface area contributed by atoms with Crippen molar-refractivity contribution < 1.29 is 23.9 Å². The van der Waals surface area contributed by atoms with E-state index in [0.717, 1.165) is 0 Å². The third-order valence-corrected chi connectivity index (χ3v) is 2.45. The first-order chi connectivity index (χ1) is 6.37. The number of hydrogen-bond donors (Lipinski definition) is 3. The number of carbonyl (C=O) groups is 1. The highest BCUT2D eigenvalue weighted by Crippen LogP contribution is 2.35. The smallest absolute Gasteiger partial charge is 0.325 e. The van der Waals surface area contributed by atoms with Gasteiger partial charge in [0.2, 0.25) is 0 Å². The Morgan fingerprint density at radius 3 is 2.57 bits per heavy atom. The minimum absolute atomic E-state index is 0.213. The summed E-state index contributed by atoms with van der Waals surface area (Å²) in [4.78, 5) is 28.0. The maximum absolute atomic E-state index is 11.0. The van der Waals surface area contributed by atoms with E-state index in [1.807, 2.05) is 0 Å². The number of hydrogen-bond acceptors (Lipinski definition) is 4. The lowest BCUT2D eigenvalue weighted by molar-refractivity contribution is -0.144. The fourth-order valence-electron chi connectivity index (χ4n) is 0.884. The summed E-state index contributed by atoms with van der Waals surface area (Å²) >= 11 is 0. The minimum atomic E-state index is -3.98. The fourth-order valence-corrected chi connectivity index (χ4v) is 1.48. The van der Waals surface area contributed by atoms with Crippen LogP contribution in [0.1, 0.15) is 19.8 Å². The van der Waals surface area contributed by atoms with Crippen LogP contribution < -0.4 is 5.73 Å². The van der Waals surface area contributed by atoms with Crippen molar-refractivity contribution in [1.82, 2.24) is 0 Å². The molecule has 0 fully saturated rings. The molecule has 0 spiro atoms. The lowest BCUT2D eigenvalue weighted by Crippen LogP contribution is -2.32. The standard InChI is InChI=1S/C7H16NO5P/c1-2-13-7(9)6(8)4-3-5-14(10,11)12/h6H,2-5,8H2,1H3,(H2,10,11,12). The molecule has 0 rings (SSSR count). The Kier molecular flexibility index (Phi) is 5.95. The van der Waals surface area contributed by atoms with Gasteiger partial charge in [-0.25, -0.2) is 0 Å². The van der Waals surface area contributed by atoms with Crippen LogP contribution >= 0.6 is 7.60 Å². The molecule has 84 valence electrons. The molecule has 0 aliphatic heterocycles. The topological polar surface area (TPSA) is 110 Å². The highest BCUT2D eigenvalue weighted by Gasteiger charge is 2.17. The summed E-state index contributed by atoms with van der Waals surface area (Å²) in [6, 6.07) is -0.790. The van der Waals surface area contributed by atoms with Gasteiger partial charge in [0.05, 0.1) is 6.61 Å². The number of rotatable bonds is 6. The van der Waals surface area contributed by atoms with Gasteiger partial charge in [-0.15, -0.1) is 0 Å². The Morgan fingerprint density at radius 1 is 1.57 bits per heavy atom. The molecule has 4 N–H and O–H groups in total. The Bertz CT molecular complexity index is 226. The maximum Gasteiger partial charge on any atom is 0.325 e. The lowest BCUT2D eigenvalue weighted by Gasteiger charge is -2.10. The molecule has 0 amide bonds. The van der Waals surface area contributed by atoms with Crippen molar-refractivity contribution in [1.29, 1.82) is 0 Å². The Labute approximate surface area is 82.6 Å². The van der Waals surface area contributed by atoms with Gasteiger partial charge in [-0.3, -0.25) is 9.36 Å². The first-order valence-corrected chi connectivity index (χ1v) is 6.13. The largest absolute Gasteiger partial charge is 0.465 e. The van der Waals surface area contributed by atoms with E-state index in [0.29, 0.717) is 0 Å².